The molecule has 0 saturated heterocycles. The summed E-state index contributed by atoms with van der Waals surface area (Å²) in [5, 5.41) is 13.3. The molecule has 0 atom stereocenters. The molecule has 17 heavy (non-hydrogen) atoms. The zero-order valence-corrected chi connectivity index (χ0v) is 10.2. The van der Waals surface area contributed by atoms with E-state index in [9.17, 15) is 14.9 Å². The summed E-state index contributed by atoms with van der Waals surface area (Å²) in [6, 6.07) is 4.56. The molecule has 1 N–H and O–H groups in total. The van der Waals surface area contributed by atoms with Gasteiger partial charge in [0.1, 0.15) is 0 Å². The van der Waals surface area contributed by atoms with Crippen LogP contribution in [0, 0.1) is 23.0 Å². The van der Waals surface area contributed by atoms with Crippen molar-refractivity contribution in [1.29, 1.82) is 0 Å². The lowest BCUT2D eigenvalue weighted by atomic mass is 10.1. The minimum absolute atomic E-state index is 0.0619. The standard InChI is InChI=1S/C12H16N2O3/c1-8(2)6-12(15)13-10-4-5-11(14(16)17)9(3)7-10/h4-5,7-8H,6H2,1-3H3,(H,13,15). The molecular formula is C12H16N2O3. The SMILES string of the molecule is Cc1cc(NC(=O)CC(C)C)ccc1[N+](=O)[O-]. The summed E-state index contributed by atoms with van der Waals surface area (Å²) >= 11 is 0. The Morgan fingerprint density at radius 3 is 2.59 bits per heavy atom. The normalized spacial score (nSPS) is 10.4. The first kappa shape index (κ1) is 13.2. The average Bonchev–Trinajstić information content (AvgIpc) is 2.15. The molecule has 1 amide bonds. The van der Waals surface area contributed by atoms with E-state index in [1.165, 1.54) is 6.07 Å². The van der Waals surface area contributed by atoms with Crippen LogP contribution < -0.4 is 5.32 Å². The molecule has 0 aliphatic heterocycles. The first-order chi connectivity index (χ1) is 7.90. The predicted molar refractivity (Wildman–Crippen MR) is 65.9 cm³/mol. The molecule has 1 rings (SSSR count). The first-order valence-electron chi connectivity index (χ1n) is 5.45. The third-order valence-corrected chi connectivity index (χ3v) is 2.27. The highest BCUT2D eigenvalue weighted by atomic mass is 16.6. The number of nitro benzene ring substituents is 1. The predicted octanol–water partition coefficient (Wildman–Crippen LogP) is 2.89. The molecule has 0 spiro atoms. The van der Waals surface area contributed by atoms with Gasteiger partial charge in [-0.05, 0) is 25.0 Å². The molecule has 5 nitrogen and oxygen atoms in total. The number of nitro groups is 1. The molecule has 0 bridgehead atoms. The summed E-state index contributed by atoms with van der Waals surface area (Å²) in [6.07, 6.45) is 0.441. The lowest BCUT2D eigenvalue weighted by Gasteiger charge is -2.07. The van der Waals surface area contributed by atoms with Crippen molar-refractivity contribution in [3.63, 3.8) is 0 Å². The fraction of sp³-hybridized carbons (Fsp3) is 0.417. The van der Waals surface area contributed by atoms with Crippen molar-refractivity contribution >= 4 is 17.3 Å². The van der Waals surface area contributed by atoms with Crippen LogP contribution in [0.5, 0.6) is 0 Å². The second-order valence-corrected chi connectivity index (χ2v) is 4.40. The molecular weight excluding hydrogens is 220 g/mol. The fourth-order valence-corrected chi connectivity index (χ4v) is 1.52. The number of nitrogens with one attached hydrogen (secondary N) is 1. The van der Waals surface area contributed by atoms with Crippen LogP contribution in [0.2, 0.25) is 0 Å². The van der Waals surface area contributed by atoms with Gasteiger partial charge in [-0.25, -0.2) is 0 Å². The number of hydrogen-bond donors (Lipinski definition) is 1. The van der Waals surface area contributed by atoms with Crippen molar-refractivity contribution < 1.29 is 9.72 Å². The highest BCUT2D eigenvalue weighted by Crippen LogP contribution is 2.21. The van der Waals surface area contributed by atoms with Gasteiger partial charge in [0.25, 0.3) is 5.69 Å². The van der Waals surface area contributed by atoms with Gasteiger partial charge >= 0.3 is 0 Å². The lowest BCUT2D eigenvalue weighted by molar-refractivity contribution is -0.385. The molecule has 0 aliphatic carbocycles. The van der Waals surface area contributed by atoms with E-state index in [-0.39, 0.29) is 17.5 Å². The van der Waals surface area contributed by atoms with Crippen molar-refractivity contribution in [2.45, 2.75) is 27.2 Å². The van der Waals surface area contributed by atoms with Gasteiger partial charge in [0.05, 0.1) is 4.92 Å². The van der Waals surface area contributed by atoms with Gasteiger partial charge < -0.3 is 5.32 Å². The van der Waals surface area contributed by atoms with Crippen LogP contribution in [0.15, 0.2) is 18.2 Å². The van der Waals surface area contributed by atoms with E-state index < -0.39 is 4.92 Å². The summed E-state index contributed by atoms with van der Waals surface area (Å²) in [4.78, 5) is 21.7. The van der Waals surface area contributed by atoms with Crippen LogP contribution >= 0.6 is 0 Å². The Balaban J connectivity index is 2.77. The van der Waals surface area contributed by atoms with E-state index in [0.29, 0.717) is 17.7 Å². The van der Waals surface area contributed by atoms with Crippen LogP contribution in [0.4, 0.5) is 11.4 Å². The van der Waals surface area contributed by atoms with Crippen molar-refractivity contribution in [2.75, 3.05) is 5.32 Å². The Morgan fingerprint density at radius 1 is 1.47 bits per heavy atom. The number of benzene rings is 1. The van der Waals surface area contributed by atoms with Crippen LogP contribution in [-0.2, 0) is 4.79 Å². The monoisotopic (exact) mass is 236 g/mol. The smallest absolute Gasteiger partial charge is 0.272 e. The van der Waals surface area contributed by atoms with Crippen molar-refractivity contribution in [3.8, 4) is 0 Å². The van der Waals surface area contributed by atoms with Gasteiger partial charge in [0.15, 0.2) is 0 Å². The number of carbonyl (C=O) groups excluding carboxylic acids is 1. The number of hydrogen-bond acceptors (Lipinski definition) is 3. The number of anilines is 1. The van der Waals surface area contributed by atoms with E-state index in [2.05, 4.69) is 5.32 Å². The number of carbonyl (C=O) groups is 1. The summed E-state index contributed by atoms with van der Waals surface area (Å²) < 4.78 is 0. The van der Waals surface area contributed by atoms with Crippen molar-refractivity contribution in [3.05, 3.63) is 33.9 Å². The molecule has 0 aliphatic rings. The van der Waals surface area contributed by atoms with Gasteiger partial charge in [-0.15, -0.1) is 0 Å². The first-order valence-corrected chi connectivity index (χ1v) is 5.45. The van der Waals surface area contributed by atoms with Gasteiger partial charge in [0, 0.05) is 23.7 Å². The maximum Gasteiger partial charge on any atom is 0.272 e. The van der Waals surface area contributed by atoms with E-state index >= 15 is 0 Å². The Labute approximate surface area is 100.0 Å². The second-order valence-electron chi connectivity index (χ2n) is 4.40. The van der Waals surface area contributed by atoms with E-state index in [4.69, 9.17) is 0 Å². The molecule has 0 aromatic heterocycles. The topological polar surface area (TPSA) is 72.2 Å². The fourth-order valence-electron chi connectivity index (χ4n) is 1.52. The van der Waals surface area contributed by atoms with Gasteiger partial charge in [-0.2, -0.15) is 0 Å². The molecule has 0 fully saturated rings. The summed E-state index contributed by atoms with van der Waals surface area (Å²) in [5.41, 5.74) is 1.20. The Bertz CT molecular complexity index is 441. The highest BCUT2D eigenvalue weighted by Gasteiger charge is 2.11. The Morgan fingerprint density at radius 2 is 2.12 bits per heavy atom. The van der Waals surface area contributed by atoms with Gasteiger partial charge in [-0.3, -0.25) is 14.9 Å². The average molecular weight is 236 g/mol. The van der Waals surface area contributed by atoms with Crippen LogP contribution in [0.25, 0.3) is 0 Å². The molecule has 0 radical (unpaired) electrons. The minimum Gasteiger partial charge on any atom is -0.326 e. The maximum atomic E-state index is 11.5. The zero-order valence-electron chi connectivity index (χ0n) is 10.2. The van der Waals surface area contributed by atoms with Crippen molar-refractivity contribution in [2.24, 2.45) is 5.92 Å². The third kappa shape index (κ3) is 3.86. The van der Waals surface area contributed by atoms with Crippen molar-refractivity contribution in [1.82, 2.24) is 0 Å². The summed E-state index contributed by atoms with van der Waals surface area (Å²) in [7, 11) is 0. The quantitative estimate of drug-likeness (QED) is 0.645. The van der Waals surface area contributed by atoms with Crippen LogP contribution in [0.3, 0.4) is 0 Å². The zero-order chi connectivity index (χ0) is 13.0. The van der Waals surface area contributed by atoms with Crippen LogP contribution in [0.1, 0.15) is 25.8 Å². The number of rotatable bonds is 4. The Hall–Kier alpha value is -1.91. The molecule has 5 heteroatoms. The third-order valence-electron chi connectivity index (χ3n) is 2.27. The molecule has 0 heterocycles. The van der Waals surface area contributed by atoms with Crippen LogP contribution in [-0.4, -0.2) is 10.8 Å². The largest absolute Gasteiger partial charge is 0.326 e. The summed E-state index contributed by atoms with van der Waals surface area (Å²) in [6.45, 7) is 5.57. The Kier molecular flexibility index (Phi) is 4.20. The number of nitrogens with zero attached hydrogens (tertiary/aromatic N) is 1. The molecule has 0 saturated carbocycles. The highest BCUT2D eigenvalue weighted by molar-refractivity contribution is 5.91. The second kappa shape index (κ2) is 5.43. The molecule has 1 aromatic carbocycles. The maximum absolute atomic E-state index is 11.5. The molecule has 92 valence electrons. The number of aryl methyl sites for hydroxylation is 1. The minimum atomic E-state index is -0.435. The van der Waals surface area contributed by atoms with E-state index in [0.717, 1.165) is 0 Å². The van der Waals surface area contributed by atoms with E-state index in [1.807, 2.05) is 13.8 Å². The molecule has 1 aromatic rings. The van der Waals surface area contributed by atoms with Gasteiger partial charge in [-0.1, -0.05) is 13.8 Å². The molecule has 0 unspecified atom stereocenters. The van der Waals surface area contributed by atoms with Gasteiger partial charge in [0.2, 0.25) is 5.91 Å². The van der Waals surface area contributed by atoms with E-state index in [1.54, 1.807) is 19.1 Å². The summed E-state index contributed by atoms with van der Waals surface area (Å²) in [5.74, 6) is 0.211. The lowest BCUT2D eigenvalue weighted by Crippen LogP contribution is -2.13. The number of amides is 1.